The molecule has 0 aliphatic carbocycles. The molecule has 0 radical (unpaired) electrons. The summed E-state index contributed by atoms with van der Waals surface area (Å²) in [6.45, 7) is -0.429. The highest BCUT2D eigenvalue weighted by Gasteiger charge is 2.13. The van der Waals surface area contributed by atoms with Gasteiger partial charge in [-0.05, 0) is 24.3 Å². The fourth-order valence-corrected chi connectivity index (χ4v) is 1.88. The van der Waals surface area contributed by atoms with Crippen molar-refractivity contribution in [1.82, 2.24) is 10.2 Å². The van der Waals surface area contributed by atoms with Crippen molar-refractivity contribution in [3.63, 3.8) is 0 Å². The quantitative estimate of drug-likeness (QED) is 0.640. The number of furan rings is 1. The van der Waals surface area contributed by atoms with E-state index in [1.807, 2.05) is 0 Å². The molecule has 2 aromatic heterocycles. The van der Waals surface area contributed by atoms with Crippen molar-refractivity contribution in [3.8, 4) is 17.4 Å². The van der Waals surface area contributed by atoms with E-state index in [0.29, 0.717) is 16.5 Å². The molecule has 3 rings (SSSR count). The number of halogens is 1. The lowest BCUT2D eigenvalue weighted by Crippen LogP contribution is -2.15. The predicted octanol–water partition coefficient (Wildman–Crippen LogP) is 3.11. The molecule has 3 aromatic rings. The monoisotopic (exact) mass is 334 g/mol. The zero-order valence-corrected chi connectivity index (χ0v) is 12.5. The van der Waals surface area contributed by atoms with Crippen molar-refractivity contribution in [1.29, 1.82) is 0 Å². The Morgan fingerprint density at radius 3 is 2.83 bits per heavy atom. The molecule has 1 aromatic carbocycles. The minimum atomic E-state index is -0.581. The standard InChI is InChI=1S/C15H11ClN2O5/c16-10-4-1-2-5-11(10)21-9-14(19)22-8-13-17-18-15(23-13)12-6-3-7-20-12/h1-7H,8-9H2. The molecule has 0 N–H and O–H groups in total. The molecule has 0 atom stereocenters. The summed E-state index contributed by atoms with van der Waals surface area (Å²) >= 11 is 5.91. The van der Waals surface area contributed by atoms with Gasteiger partial charge in [0, 0.05) is 0 Å². The fraction of sp³-hybridized carbons (Fsp3) is 0.133. The summed E-state index contributed by atoms with van der Waals surface area (Å²) in [4.78, 5) is 11.6. The lowest BCUT2D eigenvalue weighted by atomic mass is 10.3. The van der Waals surface area contributed by atoms with Gasteiger partial charge in [0.2, 0.25) is 0 Å². The largest absolute Gasteiger partial charge is 0.480 e. The Bertz CT molecular complexity index is 785. The number of carbonyl (C=O) groups is 1. The summed E-state index contributed by atoms with van der Waals surface area (Å²) in [6, 6.07) is 10.2. The van der Waals surface area contributed by atoms with Gasteiger partial charge in [0.15, 0.2) is 19.0 Å². The first kappa shape index (κ1) is 15.1. The first-order valence-electron chi connectivity index (χ1n) is 6.61. The molecule has 0 spiro atoms. The van der Waals surface area contributed by atoms with Crippen molar-refractivity contribution in [3.05, 3.63) is 53.6 Å². The second kappa shape index (κ2) is 6.97. The van der Waals surface area contributed by atoms with Crippen molar-refractivity contribution in [2.24, 2.45) is 0 Å². The molecule has 0 aliphatic heterocycles. The third-order valence-electron chi connectivity index (χ3n) is 2.74. The zero-order chi connectivity index (χ0) is 16.1. The number of esters is 1. The van der Waals surface area contributed by atoms with Crippen molar-refractivity contribution in [2.75, 3.05) is 6.61 Å². The number of para-hydroxylation sites is 1. The Morgan fingerprint density at radius 2 is 2.04 bits per heavy atom. The van der Waals surface area contributed by atoms with E-state index >= 15 is 0 Å². The van der Waals surface area contributed by atoms with Gasteiger partial charge in [-0.25, -0.2) is 4.79 Å². The maximum Gasteiger partial charge on any atom is 0.344 e. The van der Waals surface area contributed by atoms with Gasteiger partial charge in [0.05, 0.1) is 11.3 Å². The molecule has 0 fully saturated rings. The Hall–Kier alpha value is -2.80. The first-order valence-corrected chi connectivity index (χ1v) is 6.99. The van der Waals surface area contributed by atoms with E-state index in [1.165, 1.54) is 6.26 Å². The lowest BCUT2D eigenvalue weighted by molar-refractivity contribution is -0.148. The highest BCUT2D eigenvalue weighted by molar-refractivity contribution is 6.32. The number of carbonyl (C=O) groups excluding carboxylic acids is 1. The normalized spacial score (nSPS) is 10.5. The highest BCUT2D eigenvalue weighted by atomic mass is 35.5. The summed E-state index contributed by atoms with van der Waals surface area (Å²) in [7, 11) is 0. The van der Waals surface area contributed by atoms with Gasteiger partial charge in [0.1, 0.15) is 5.75 Å². The molecule has 0 saturated carbocycles. The van der Waals surface area contributed by atoms with Crippen LogP contribution in [0.5, 0.6) is 5.75 Å². The van der Waals surface area contributed by atoms with E-state index in [1.54, 1.807) is 36.4 Å². The molecule has 7 nitrogen and oxygen atoms in total. The summed E-state index contributed by atoms with van der Waals surface area (Å²) in [5, 5.41) is 7.97. The molecular formula is C15H11ClN2O5. The number of aromatic nitrogens is 2. The number of ether oxygens (including phenoxy) is 2. The number of rotatable bonds is 6. The molecule has 0 aliphatic rings. The van der Waals surface area contributed by atoms with Crippen LogP contribution < -0.4 is 4.74 Å². The Kier molecular flexibility index (Phi) is 4.58. The topological polar surface area (TPSA) is 87.6 Å². The number of hydrogen-bond acceptors (Lipinski definition) is 7. The minimum Gasteiger partial charge on any atom is -0.480 e. The van der Waals surface area contributed by atoms with E-state index in [0.717, 1.165) is 0 Å². The van der Waals surface area contributed by atoms with Crippen molar-refractivity contribution in [2.45, 2.75) is 6.61 Å². The first-order chi connectivity index (χ1) is 11.2. The zero-order valence-electron chi connectivity index (χ0n) is 11.8. The van der Waals surface area contributed by atoms with Crippen LogP contribution in [0, 0.1) is 0 Å². The van der Waals surface area contributed by atoms with Crippen LogP contribution >= 0.6 is 11.6 Å². The Morgan fingerprint density at radius 1 is 1.17 bits per heavy atom. The van der Waals surface area contributed by atoms with Crippen LogP contribution in [0.2, 0.25) is 5.02 Å². The molecule has 0 amide bonds. The van der Waals surface area contributed by atoms with Crippen molar-refractivity contribution < 1.29 is 23.1 Å². The van der Waals surface area contributed by atoms with Crippen LogP contribution in [-0.4, -0.2) is 22.8 Å². The van der Waals surface area contributed by atoms with Gasteiger partial charge < -0.3 is 18.3 Å². The van der Waals surface area contributed by atoms with E-state index < -0.39 is 5.97 Å². The highest BCUT2D eigenvalue weighted by Crippen LogP contribution is 2.23. The number of benzene rings is 1. The number of hydrogen-bond donors (Lipinski definition) is 0. The molecule has 0 bridgehead atoms. The Labute approximate surface area is 135 Å². The lowest BCUT2D eigenvalue weighted by Gasteiger charge is -2.06. The van der Waals surface area contributed by atoms with Gasteiger partial charge in [-0.3, -0.25) is 0 Å². The predicted molar refractivity (Wildman–Crippen MR) is 78.7 cm³/mol. The van der Waals surface area contributed by atoms with Crippen LogP contribution in [0.15, 0.2) is 51.5 Å². The average Bonchev–Trinajstić information content (AvgIpc) is 3.23. The third-order valence-corrected chi connectivity index (χ3v) is 3.05. The van der Waals surface area contributed by atoms with E-state index in [-0.39, 0.29) is 25.0 Å². The second-order valence-corrected chi connectivity index (χ2v) is 4.77. The smallest absolute Gasteiger partial charge is 0.344 e. The number of nitrogens with zero attached hydrogens (tertiary/aromatic N) is 2. The van der Waals surface area contributed by atoms with E-state index in [4.69, 9.17) is 29.9 Å². The molecular weight excluding hydrogens is 324 g/mol. The summed E-state index contributed by atoms with van der Waals surface area (Å²) in [6.07, 6.45) is 1.49. The van der Waals surface area contributed by atoms with Gasteiger partial charge in [0.25, 0.3) is 11.8 Å². The van der Waals surface area contributed by atoms with Crippen LogP contribution in [0.25, 0.3) is 11.7 Å². The van der Waals surface area contributed by atoms with Crippen LogP contribution in [0.1, 0.15) is 5.89 Å². The molecule has 0 unspecified atom stereocenters. The summed E-state index contributed by atoms with van der Waals surface area (Å²) in [5.41, 5.74) is 0. The van der Waals surface area contributed by atoms with Crippen LogP contribution in [0.3, 0.4) is 0 Å². The van der Waals surface area contributed by atoms with Gasteiger partial charge in [-0.15, -0.1) is 10.2 Å². The fourth-order valence-electron chi connectivity index (χ4n) is 1.69. The molecule has 118 valence electrons. The molecule has 23 heavy (non-hydrogen) atoms. The van der Waals surface area contributed by atoms with Crippen molar-refractivity contribution >= 4 is 17.6 Å². The third kappa shape index (κ3) is 3.89. The molecule has 0 saturated heterocycles. The average molecular weight is 335 g/mol. The molecule has 2 heterocycles. The van der Waals surface area contributed by atoms with Crippen LogP contribution in [0.4, 0.5) is 0 Å². The maximum absolute atomic E-state index is 11.6. The van der Waals surface area contributed by atoms with Gasteiger partial charge >= 0.3 is 5.97 Å². The van der Waals surface area contributed by atoms with Crippen LogP contribution in [-0.2, 0) is 16.1 Å². The SMILES string of the molecule is O=C(COc1ccccc1Cl)OCc1nnc(-c2ccco2)o1. The minimum absolute atomic E-state index is 0.154. The van der Waals surface area contributed by atoms with E-state index in [2.05, 4.69) is 10.2 Å². The van der Waals surface area contributed by atoms with Gasteiger partial charge in [-0.2, -0.15) is 0 Å². The second-order valence-electron chi connectivity index (χ2n) is 4.36. The van der Waals surface area contributed by atoms with Gasteiger partial charge in [-0.1, -0.05) is 23.7 Å². The van der Waals surface area contributed by atoms with E-state index in [9.17, 15) is 4.79 Å². The summed E-state index contributed by atoms with van der Waals surface area (Å²) < 4.78 is 20.7. The summed E-state index contributed by atoms with van der Waals surface area (Å²) in [5.74, 6) is 0.639. The maximum atomic E-state index is 11.6. The molecule has 8 heteroatoms. The Balaban J connectivity index is 1.49.